The van der Waals surface area contributed by atoms with Crippen molar-refractivity contribution >= 4 is 22.8 Å². The van der Waals surface area contributed by atoms with Crippen LogP contribution >= 0.6 is 0 Å². The second kappa shape index (κ2) is 7.10. The van der Waals surface area contributed by atoms with Crippen molar-refractivity contribution in [2.45, 2.75) is 26.8 Å². The molecule has 0 aliphatic heterocycles. The van der Waals surface area contributed by atoms with Gasteiger partial charge in [-0.1, -0.05) is 22.9 Å². The van der Waals surface area contributed by atoms with Gasteiger partial charge in [0.15, 0.2) is 11.5 Å². The second-order valence-corrected chi connectivity index (χ2v) is 6.49. The number of amides is 1. The average Bonchev–Trinajstić information content (AvgIpc) is 3.28. The number of carbonyl (C=O) groups excluding carboxylic acids is 1. The van der Waals surface area contributed by atoms with Crippen LogP contribution in [0.3, 0.4) is 0 Å². The molecule has 0 unspecified atom stereocenters. The molecule has 0 radical (unpaired) electrons. The van der Waals surface area contributed by atoms with Gasteiger partial charge in [-0.05, 0) is 26.0 Å². The molecule has 28 heavy (non-hydrogen) atoms. The Morgan fingerprint density at radius 2 is 2.00 bits per heavy atom. The summed E-state index contributed by atoms with van der Waals surface area (Å²) in [5, 5.41) is 11.0. The predicted octanol–water partition coefficient (Wildman–Crippen LogP) is 2.22. The van der Waals surface area contributed by atoms with Gasteiger partial charge >= 0.3 is 0 Å². The molecule has 0 aliphatic carbocycles. The fourth-order valence-corrected chi connectivity index (χ4v) is 2.84. The number of rotatable bonds is 5. The lowest BCUT2D eigenvalue weighted by Gasteiger charge is -2.06. The van der Waals surface area contributed by atoms with E-state index in [1.54, 1.807) is 17.7 Å². The Morgan fingerprint density at radius 1 is 1.21 bits per heavy atom. The Labute approximate surface area is 159 Å². The number of nitrogens with one attached hydrogen (secondary N) is 1. The number of aryl methyl sites for hydroxylation is 3. The van der Waals surface area contributed by atoms with E-state index in [2.05, 4.69) is 20.6 Å². The van der Waals surface area contributed by atoms with Gasteiger partial charge in [0.1, 0.15) is 11.1 Å². The molecule has 1 amide bonds. The van der Waals surface area contributed by atoms with Gasteiger partial charge in [-0.3, -0.25) is 14.2 Å². The van der Waals surface area contributed by atoms with Crippen LogP contribution in [-0.4, -0.2) is 30.4 Å². The minimum atomic E-state index is -0.268. The minimum Gasteiger partial charge on any atom is -0.360 e. The molecule has 0 spiro atoms. The summed E-state index contributed by atoms with van der Waals surface area (Å²) in [5.41, 5.74) is 2.20. The number of benzene rings is 1. The van der Waals surface area contributed by atoms with E-state index in [0.29, 0.717) is 22.6 Å². The molecular weight excluding hydrogens is 360 g/mol. The molecule has 9 heteroatoms. The summed E-state index contributed by atoms with van der Waals surface area (Å²) in [6.07, 6.45) is 3.04. The zero-order valence-electron chi connectivity index (χ0n) is 15.4. The molecular formula is C19H18N6O3. The van der Waals surface area contributed by atoms with Crippen LogP contribution in [0.4, 0.5) is 5.82 Å². The van der Waals surface area contributed by atoms with Crippen LogP contribution in [0.1, 0.15) is 17.7 Å². The van der Waals surface area contributed by atoms with Crippen LogP contribution < -0.4 is 10.9 Å². The molecule has 142 valence electrons. The number of hydrogen-bond acceptors (Lipinski definition) is 6. The summed E-state index contributed by atoms with van der Waals surface area (Å²) in [6.45, 7) is 3.93. The molecule has 0 saturated carbocycles. The summed E-state index contributed by atoms with van der Waals surface area (Å²) < 4.78 is 7.93. The molecule has 4 rings (SSSR count). The van der Waals surface area contributed by atoms with E-state index in [1.807, 2.05) is 31.2 Å². The molecule has 0 aliphatic rings. The molecule has 1 aromatic carbocycles. The van der Waals surface area contributed by atoms with Gasteiger partial charge in [-0.2, -0.15) is 5.10 Å². The van der Waals surface area contributed by atoms with Crippen molar-refractivity contribution in [1.82, 2.24) is 24.5 Å². The Morgan fingerprint density at radius 3 is 2.71 bits per heavy atom. The highest BCUT2D eigenvalue weighted by Gasteiger charge is 2.13. The van der Waals surface area contributed by atoms with Gasteiger partial charge in [-0.15, -0.1) is 0 Å². The van der Waals surface area contributed by atoms with E-state index in [0.717, 1.165) is 11.3 Å². The van der Waals surface area contributed by atoms with E-state index >= 15 is 0 Å². The van der Waals surface area contributed by atoms with Crippen LogP contribution in [-0.2, 0) is 11.3 Å². The van der Waals surface area contributed by atoms with Crippen molar-refractivity contribution in [2.75, 3.05) is 5.32 Å². The monoisotopic (exact) mass is 378 g/mol. The fraction of sp³-hybridized carbons (Fsp3) is 0.211. The van der Waals surface area contributed by atoms with Crippen LogP contribution in [0.5, 0.6) is 0 Å². The Bertz CT molecular complexity index is 1200. The Hall–Kier alpha value is -3.75. The van der Waals surface area contributed by atoms with E-state index < -0.39 is 0 Å². The third-order valence-corrected chi connectivity index (χ3v) is 4.31. The molecule has 3 heterocycles. The lowest BCUT2D eigenvalue weighted by Crippen LogP contribution is -2.23. The number of carbonyl (C=O) groups is 1. The van der Waals surface area contributed by atoms with Crippen LogP contribution in [0.25, 0.3) is 16.7 Å². The van der Waals surface area contributed by atoms with Crippen molar-refractivity contribution < 1.29 is 9.32 Å². The number of hydrogen-bond donors (Lipinski definition) is 1. The first-order valence-electron chi connectivity index (χ1n) is 8.74. The molecule has 9 nitrogen and oxygen atoms in total. The molecule has 0 fully saturated rings. The first-order chi connectivity index (χ1) is 13.5. The quantitative estimate of drug-likeness (QED) is 0.570. The SMILES string of the molecule is Cc1ccc(-n2ncc3c(=O)n(CCC(=O)Nc4cc(C)on4)cnc32)cc1. The Kier molecular flexibility index (Phi) is 4.48. The standard InChI is InChI=1S/C19H18N6O3/c1-12-3-5-14(6-4-12)25-18-15(10-21-25)19(27)24(11-20-18)8-7-17(26)22-16-9-13(2)28-23-16/h3-6,9-11H,7-8H2,1-2H3,(H,22,23,26). The highest BCUT2D eigenvalue weighted by Crippen LogP contribution is 2.14. The van der Waals surface area contributed by atoms with Crippen molar-refractivity contribution in [3.8, 4) is 5.69 Å². The fourth-order valence-electron chi connectivity index (χ4n) is 2.84. The molecule has 0 bridgehead atoms. The van der Waals surface area contributed by atoms with Crippen LogP contribution in [0.15, 0.2) is 52.2 Å². The predicted molar refractivity (Wildman–Crippen MR) is 102 cm³/mol. The van der Waals surface area contributed by atoms with Gasteiger partial charge in [0, 0.05) is 19.0 Å². The number of aromatic nitrogens is 5. The zero-order valence-corrected chi connectivity index (χ0v) is 15.4. The summed E-state index contributed by atoms with van der Waals surface area (Å²) in [6, 6.07) is 9.41. The molecule has 3 aromatic heterocycles. The van der Waals surface area contributed by atoms with Crippen LogP contribution in [0, 0.1) is 13.8 Å². The Balaban J connectivity index is 1.53. The lowest BCUT2D eigenvalue weighted by atomic mass is 10.2. The van der Waals surface area contributed by atoms with Crippen molar-refractivity contribution in [1.29, 1.82) is 0 Å². The average molecular weight is 378 g/mol. The van der Waals surface area contributed by atoms with Gasteiger partial charge < -0.3 is 9.84 Å². The highest BCUT2D eigenvalue weighted by atomic mass is 16.5. The third-order valence-electron chi connectivity index (χ3n) is 4.31. The maximum atomic E-state index is 12.7. The van der Waals surface area contributed by atoms with Crippen molar-refractivity contribution in [3.63, 3.8) is 0 Å². The van der Waals surface area contributed by atoms with Gasteiger partial charge in [0.05, 0.1) is 18.2 Å². The van der Waals surface area contributed by atoms with Crippen molar-refractivity contribution in [2.24, 2.45) is 0 Å². The molecule has 4 aromatic rings. The zero-order chi connectivity index (χ0) is 19.7. The maximum absolute atomic E-state index is 12.7. The first kappa shape index (κ1) is 17.7. The summed E-state index contributed by atoms with van der Waals surface area (Å²) >= 11 is 0. The van der Waals surface area contributed by atoms with Crippen LogP contribution in [0.2, 0.25) is 0 Å². The highest BCUT2D eigenvalue weighted by molar-refractivity contribution is 5.89. The summed E-state index contributed by atoms with van der Waals surface area (Å²) in [4.78, 5) is 29.1. The third kappa shape index (κ3) is 3.41. The first-order valence-corrected chi connectivity index (χ1v) is 8.74. The summed E-state index contributed by atoms with van der Waals surface area (Å²) in [7, 11) is 0. The van der Waals surface area contributed by atoms with Gasteiger partial charge in [0.2, 0.25) is 5.91 Å². The summed E-state index contributed by atoms with van der Waals surface area (Å²) in [5.74, 6) is 0.685. The second-order valence-electron chi connectivity index (χ2n) is 6.49. The van der Waals surface area contributed by atoms with Gasteiger partial charge in [0.25, 0.3) is 5.56 Å². The van der Waals surface area contributed by atoms with E-state index in [-0.39, 0.29) is 24.4 Å². The minimum absolute atomic E-state index is 0.102. The van der Waals surface area contributed by atoms with E-state index in [1.165, 1.54) is 17.1 Å². The largest absolute Gasteiger partial charge is 0.360 e. The molecule has 0 saturated heterocycles. The number of anilines is 1. The molecule has 1 N–H and O–H groups in total. The smallest absolute Gasteiger partial charge is 0.264 e. The molecule has 0 atom stereocenters. The van der Waals surface area contributed by atoms with E-state index in [4.69, 9.17) is 4.52 Å². The normalized spacial score (nSPS) is 11.1. The number of fused-ring (bicyclic) bond motifs is 1. The van der Waals surface area contributed by atoms with E-state index in [9.17, 15) is 9.59 Å². The lowest BCUT2D eigenvalue weighted by molar-refractivity contribution is -0.116. The number of nitrogens with zero attached hydrogens (tertiary/aromatic N) is 5. The van der Waals surface area contributed by atoms with Gasteiger partial charge in [-0.25, -0.2) is 9.67 Å². The van der Waals surface area contributed by atoms with Crippen molar-refractivity contribution in [3.05, 3.63) is 64.5 Å². The maximum Gasteiger partial charge on any atom is 0.264 e. The topological polar surface area (TPSA) is 108 Å².